The Morgan fingerprint density at radius 2 is 1.81 bits per heavy atom. The summed E-state index contributed by atoms with van der Waals surface area (Å²) < 4.78 is 0. The van der Waals surface area contributed by atoms with Crippen molar-refractivity contribution < 1.29 is 5.11 Å². The molecule has 0 amide bonds. The first-order valence-electron chi connectivity index (χ1n) is 7.73. The molecule has 0 bridgehead atoms. The monoisotopic (exact) mass is 423 g/mol. The van der Waals surface area contributed by atoms with E-state index in [0.29, 0.717) is 26.6 Å². The molecule has 4 nitrogen and oxygen atoms in total. The van der Waals surface area contributed by atoms with Crippen molar-refractivity contribution in [2.75, 3.05) is 5.01 Å². The van der Waals surface area contributed by atoms with Gasteiger partial charge in [-0.25, -0.2) is 5.01 Å². The molecule has 8 heteroatoms. The van der Waals surface area contributed by atoms with Crippen LogP contribution in [0.3, 0.4) is 0 Å². The van der Waals surface area contributed by atoms with Gasteiger partial charge in [0.15, 0.2) is 0 Å². The molecular formula is C18H12Cl3N3OS. The molecule has 1 atom stereocenters. The van der Waals surface area contributed by atoms with Crippen LogP contribution in [0.1, 0.15) is 23.6 Å². The van der Waals surface area contributed by atoms with Crippen LogP contribution in [-0.4, -0.2) is 15.8 Å². The fraction of sp³-hybridized carbons (Fsp3) is 0.111. The summed E-state index contributed by atoms with van der Waals surface area (Å²) in [7, 11) is 0. The fourth-order valence-corrected chi connectivity index (χ4v) is 3.95. The molecule has 0 saturated carbocycles. The number of aromatic hydroxyl groups is 1. The van der Waals surface area contributed by atoms with E-state index in [1.807, 2.05) is 41.4 Å². The molecule has 0 spiro atoms. The van der Waals surface area contributed by atoms with Crippen molar-refractivity contribution in [3.63, 3.8) is 0 Å². The van der Waals surface area contributed by atoms with Crippen LogP contribution >= 0.6 is 46.1 Å². The van der Waals surface area contributed by atoms with E-state index in [0.717, 1.165) is 16.8 Å². The average Bonchev–Trinajstić information content (AvgIpc) is 3.24. The van der Waals surface area contributed by atoms with Crippen molar-refractivity contribution in [2.45, 2.75) is 12.5 Å². The van der Waals surface area contributed by atoms with Crippen LogP contribution in [0.4, 0.5) is 5.13 Å². The quantitative estimate of drug-likeness (QED) is 0.547. The second-order valence-electron chi connectivity index (χ2n) is 5.78. The van der Waals surface area contributed by atoms with Crippen LogP contribution in [0.15, 0.2) is 52.9 Å². The third kappa shape index (κ3) is 3.40. The van der Waals surface area contributed by atoms with Gasteiger partial charge in [-0.3, -0.25) is 0 Å². The lowest BCUT2D eigenvalue weighted by Gasteiger charge is -2.21. The Morgan fingerprint density at radius 3 is 2.46 bits per heavy atom. The van der Waals surface area contributed by atoms with Crippen molar-refractivity contribution in [3.8, 4) is 5.88 Å². The summed E-state index contributed by atoms with van der Waals surface area (Å²) in [5.74, 6) is -0.0157. The number of rotatable bonds is 3. The third-order valence-corrected chi connectivity index (χ3v) is 5.90. The predicted molar refractivity (Wildman–Crippen MR) is 108 cm³/mol. The topological polar surface area (TPSA) is 48.7 Å². The van der Waals surface area contributed by atoms with E-state index in [9.17, 15) is 5.11 Å². The van der Waals surface area contributed by atoms with E-state index >= 15 is 0 Å². The van der Waals surface area contributed by atoms with Gasteiger partial charge in [0, 0.05) is 11.4 Å². The van der Waals surface area contributed by atoms with Crippen LogP contribution in [0.2, 0.25) is 15.1 Å². The smallest absolute Gasteiger partial charge is 0.223 e. The first-order valence-corrected chi connectivity index (χ1v) is 9.75. The minimum absolute atomic E-state index is 0.0157. The SMILES string of the molecule is Oc1csc(N2N=C(c3ccc(Cl)c(Cl)c3)CC2c2ccc(Cl)cc2)n1. The van der Waals surface area contributed by atoms with Crippen molar-refractivity contribution >= 4 is 57.0 Å². The summed E-state index contributed by atoms with van der Waals surface area (Å²) in [5.41, 5.74) is 2.84. The normalized spacial score (nSPS) is 16.8. The molecule has 132 valence electrons. The number of nitrogens with zero attached hydrogens (tertiary/aromatic N) is 3. The maximum atomic E-state index is 9.63. The molecule has 2 aromatic carbocycles. The fourth-order valence-electron chi connectivity index (χ4n) is 2.84. The highest BCUT2D eigenvalue weighted by molar-refractivity contribution is 7.13. The molecular weight excluding hydrogens is 413 g/mol. The number of benzene rings is 2. The number of hydrazone groups is 1. The Hall–Kier alpha value is -1.79. The zero-order chi connectivity index (χ0) is 18.3. The lowest BCUT2D eigenvalue weighted by Crippen LogP contribution is -2.18. The molecule has 0 aliphatic carbocycles. The average molecular weight is 425 g/mol. The highest BCUT2D eigenvalue weighted by Crippen LogP contribution is 2.39. The van der Waals surface area contributed by atoms with Crippen LogP contribution < -0.4 is 5.01 Å². The molecule has 1 aromatic heterocycles. The van der Waals surface area contributed by atoms with Crippen LogP contribution in [-0.2, 0) is 0 Å². The summed E-state index contributed by atoms with van der Waals surface area (Å²) in [4.78, 5) is 4.17. The van der Waals surface area contributed by atoms with E-state index in [1.165, 1.54) is 11.3 Å². The summed E-state index contributed by atoms with van der Waals surface area (Å²) in [6.45, 7) is 0. The molecule has 1 N–H and O–H groups in total. The Labute approximate surface area is 169 Å². The van der Waals surface area contributed by atoms with Crippen molar-refractivity contribution in [2.24, 2.45) is 5.10 Å². The Balaban J connectivity index is 1.75. The number of aromatic nitrogens is 1. The molecule has 1 unspecified atom stereocenters. The minimum atomic E-state index is -0.0535. The van der Waals surface area contributed by atoms with E-state index in [2.05, 4.69) is 4.98 Å². The maximum absolute atomic E-state index is 9.63. The van der Waals surface area contributed by atoms with Gasteiger partial charge >= 0.3 is 0 Å². The van der Waals surface area contributed by atoms with Crippen molar-refractivity contribution in [3.05, 3.63) is 74.0 Å². The second kappa shape index (κ2) is 7.08. The maximum Gasteiger partial charge on any atom is 0.223 e. The van der Waals surface area contributed by atoms with Gasteiger partial charge in [-0.2, -0.15) is 10.1 Å². The van der Waals surface area contributed by atoms with Crippen molar-refractivity contribution in [1.29, 1.82) is 0 Å². The summed E-state index contributed by atoms with van der Waals surface area (Å²) in [6.07, 6.45) is 0.667. The highest BCUT2D eigenvalue weighted by Gasteiger charge is 2.31. The molecule has 26 heavy (non-hydrogen) atoms. The van der Waals surface area contributed by atoms with Gasteiger partial charge in [0.05, 0.1) is 27.2 Å². The summed E-state index contributed by atoms with van der Waals surface area (Å²) in [5, 5.41) is 20.1. The van der Waals surface area contributed by atoms with Gasteiger partial charge in [0.2, 0.25) is 11.0 Å². The number of hydrogen-bond acceptors (Lipinski definition) is 5. The first-order chi connectivity index (χ1) is 12.5. The van der Waals surface area contributed by atoms with Crippen molar-refractivity contribution in [1.82, 2.24) is 4.98 Å². The number of hydrogen-bond donors (Lipinski definition) is 1. The molecule has 0 saturated heterocycles. The van der Waals surface area contributed by atoms with E-state index in [1.54, 1.807) is 11.4 Å². The van der Waals surface area contributed by atoms with E-state index in [4.69, 9.17) is 39.9 Å². The van der Waals surface area contributed by atoms with Gasteiger partial charge < -0.3 is 5.11 Å². The summed E-state index contributed by atoms with van der Waals surface area (Å²) >= 11 is 19.5. The highest BCUT2D eigenvalue weighted by atomic mass is 35.5. The molecule has 2 heterocycles. The Kier molecular flexibility index (Phi) is 4.80. The first kappa shape index (κ1) is 17.6. The Bertz CT molecular complexity index is 988. The van der Waals surface area contributed by atoms with Crippen LogP contribution in [0, 0.1) is 0 Å². The lowest BCUT2D eigenvalue weighted by molar-refractivity contribution is 0.457. The van der Waals surface area contributed by atoms with Crippen LogP contribution in [0.5, 0.6) is 5.88 Å². The number of thiazole rings is 1. The van der Waals surface area contributed by atoms with Crippen LogP contribution in [0.25, 0.3) is 0 Å². The zero-order valence-electron chi connectivity index (χ0n) is 13.2. The summed E-state index contributed by atoms with van der Waals surface area (Å²) in [6, 6.07) is 13.1. The molecule has 1 aliphatic rings. The molecule has 0 fully saturated rings. The van der Waals surface area contributed by atoms with E-state index < -0.39 is 0 Å². The lowest BCUT2D eigenvalue weighted by atomic mass is 9.99. The Morgan fingerprint density at radius 1 is 1.04 bits per heavy atom. The van der Waals surface area contributed by atoms with Gasteiger partial charge in [0.25, 0.3) is 0 Å². The van der Waals surface area contributed by atoms with E-state index in [-0.39, 0.29) is 11.9 Å². The van der Waals surface area contributed by atoms with Gasteiger partial charge in [-0.05, 0) is 35.4 Å². The van der Waals surface area contributed by atoms with Gasteiger partial charge in [-0.1, -0.05) is 64.3 Å². The standard InChI is InChI=1S/C18H12Cl3N3OS/c19-12-4-1-10(2-5-12)16-8-15(11-3-6-13(20)14(21)7-11)23-24(16)18-22-17(25)9-26-18/h1-7,9,16,25H,8H2. The largest absolute Gasteiger partial charge is 0.493 e. The predicted octanol–water partition coefficient (Wildman–Crippen LogP) is 6.16. The molecule has 3 aromatic rings. The molecule has 0 radical (unpaired) electrons. The third-order valence-electron chi connectivity index (χ3n) is 4.09. The number of halogens is 3. The minimum Gasteiger partial charge on any atom is -0.493 e. The van der Waals surface area contributed by atoms with Gasteiger partial charge in [-0.15, -0.1) is 0 Å². The zero-order valence-corrected chi connectivity index (χ0v) is 16.3. The van der Waals surface area contributed by atoms with Gasteiger partial charge in [0.1, 0.15) is 0 Å². The number of anilines is 1. The molecule has 1 aliphatic heterocycles. The molecule has 4 rings (SSSR count). The second-order valence-corrected chi connectivity index (χ2v) is 7.87.